The second kappa shape index (κ2) is 10.7. The number of nitrogens with zero attached hydrogens (tertiary/aromatic N) is 4. The van der Waals surface area contributed by atoms with Gasteiger partial charge in [-0.15, -0.1) is 16.8 Å². The van der Waals surface area contributed by atoms with Crippen LogP contribution < -0.4 is 10.1 Å². The number of thioether (sulfide) groups is 1. The highest BCUT2D eigenvalue weighted by Gasteiger charge is 2.20. The first-order valence-electron chi connectivity index (χ1n) is 9.40. The molecule has 0 aliphatic carbocycles. The molecule has 1 heterocycles. The number of carbonyl (C=O) groups is 1. The number of rotatable bonds is 9. The maximum Gasteiger partial charge on any atom is 0.234 e. The van der Waals surface area contributed by atoms with Gasteiger partial charge in [0.1, 0.15) is 11.8 Å². The number of benzene rings is 2. The molecule has 1 N–H and O–H groups in total. The fourth-order valence-electron chi connectivity index (χ4n) is 2.80. The Kier molecular flexibility index (Phi) is 7.70. The van der Waals surface area contributed by atoms with Gasteiger partial charge in [-0.1, -0.05) is 53.7 Å². The van der Waals surface area contributed by atoms with E-state index in [1.54, 1.807) is 42.5 Å². The molecule has 31 heavy (non-hydrogen) atoms. The largest absolute Gasteiger partial charge is 0.481 e. The van der Waals surface area contributed by atoms with E-state index >= 15 is 0 Å². The first kappa shape index (κ1) is 22.4. The predicted molar refractivity (Wildman–Crippen MR) is 121 cm³/mol. The van der Waals surface area contributed by atoms with E-state index in [-0.39, 0.29) is 11.7 Å². The highest BCUT2D eigenvalue weighted by Crippen LogP contribution is 2.29. The lowest BCUT2D eigenvalue weighted by atomic mass is 10.2. The van der Waals surface area contributed by atoms with Crippen LogP contribution in [0.1, 0.15) is 24.4 Å². The summed E-state index contributed by atoms with van der Waals surface area (Å²) in [6.07, 6.45) is 1.31. The SMILES string of the molecule is C=CCn1c(SCC(=O)Nc2ccccc2C#N)nnc1C(C)Oc1ccccc1Cl. The number of para-hydroxylation sites is 2. The minimum Gasteiger partial charge on any atom is -0.481 e. The smallest absolute Gasteiger partial charge is 0.234 e. The van der Waals surface area contributed by atoms with E-state index in [9.17, 15) is 4.79 Å². The van der Waals surface area contributed by atoms with Gasteiger partial charge in [0, 0.05) is 6.54 Å². The number of hydrogen-bond acceptors (Lipinski definition) is 6. The van der Waals surface area contributed by atoms with Gasteiger partial charge < -0.3 is 10.1 Å². The quantitative estimate of drug-likeness (QED) is 0.367. The summed E-state index contributed by atoms with van der Waals surface area (Å²) in [5, 5.41) is 21.4. The van der Waals surface area contributed by atoms with E-state index in [1.165, 1.54) is 11.8 Å². The van der Waals surface area contributed by atoms with Crippen molar-refractivity contribution in [1.82, 2.24) is 14.8 Å². The number of anilines is 1. The molecule has 2 aromatic carbocycles. The third-order valence-electron chi connectivity index (χ3n) is 4.22. The van der Waals surface area contributed by atoms with Crippen molar-refractivity contribution in [2.24, 2.45) is 0 Å². The van der Waals surface area contributed by atoms with Crippen molar-refractivity contribution >= 4 is 35.0 Å². The summed E-state index contributed by atoms with van der Waals surface area (Å²) in [7, 11) is 0. The Morgan fingerprint density at radius 2 is 2.06 bits per heavy atom. The number of allylic oxidation sites excluding steroid dienone is 1. The van der Waals surface area contributed by atoms with E-state index in [1.807, 2.05) is 23.6 Å². The molecule has 1 atom stereocenters. The van der Waals surface area contributed by atoms with Crippen LogP contribution in [-0.4, -0.2) is 26.4 Å². The maximum atomic E-state index is 12.4. The summed E-state index contributed by atoms with van der Waals surface area (Å²) in [6.45, 7) is 6.10. The number of ether oxygens (including phenoxy) is 1. The molecule has 9 heteroatoms. The summed E-state index contributed by atoms with van der Waals surface area (Å²) < 4.78 is 7.80. The molecule has 0 aliphatic rings. The van der Waals surface area contributed by atoms with Gasteiger partial charge in [-0.05, 0) is 31.2 Å². The van der Waals surface area contributed by atoms with E-state index in [0.717, 1.165) is 0 Å². The molecule has 0 saturated heterocycles. The third kappa shape index (κ3) is 5.66. The van der Waals surface area contributed by atoms with Gasteiger partial charge >= 0.3 is 0 Å². The average molecular weight is 454 g/mol. The number of halogens is 1. The summed E-state index contributed by atoms with van der Waals surface area (Å²) in [6, 6.07) is 16.1. The van der Waals surface area contributed by atoms with Gasteiger partial charge in [0.2, 0.25) is 5.91 Å². The zero-order chi connectivity index (χ0) is 22.2. The van der Waals surface area contributed by atoms with E-state index in [4.69, 9.17) is 21.6 Å². The molecule has 0 spiro atoms. The van der Waals surface area contributed by atoms with Crippen molar-refractivity contribution in [2.75, 3.05) is 11.1 Å². The monoisotopic (exact) mass is 453 g/mol. The highest BCUT2D eigenvalue weighted by atomic mass is 35.5. The fraction of sp³-hybridized carbons (Fsp3) is 0.182. The molecule has 1 unspecified atom stereocenters. The van der Waals surface area contributed by atoms with Crippen LogP contribution in [0.3, 0.4) is 0 Å². The zero-order valence-corrected chi connectivity index (χ0v) is 18.4. The van der Waals surface area contributed by atoms with E-state index < -0.39 is 6.10 Å². The second-order valence-electron chi connectivity index (χ2n) is 6.42. The van der Waals surface area contributed by atoms with Crippen LogP contribution in [0.25, 0.3) is 0 Å². The molecule has 1 amide bonds. The molecule has 0 aliphatic heterocycles. The minimum atomic E-state index is -0.418. The maximum absolute atomic E-state index is 12.4. The van der Waals surface area contributed by atoms with Gasteiger partial charge in [0.05, 0.1) is 22.0 Å². The molecular formula is C22H20ClN5O2S. The van der Waals surface area contributed by atoms with Crippen LogP contribution in [0, 0.1) is 11.3 Å². The molecule has 7 nitrogen and oxygen atoms in total. The van der Waals surface area contributed by atoms with Crippen molar-refractivity contribution in [3.05, 3.63) is 77.6 Å². The van der Waals surface area contributed by atoms with E-state index in [2.05, 4.69) is 28.2 Å². The lowest BCUT2D eigenvalue weighted by molar-refractivity contribution is -0.113. The fourth-order valence-corrected chi connectivity index (χ4v) is 3.73. The summed E-state index contributed by atoms with van der Waals surface area (Å²) >= 11 is 7.42. The van der Waals surface area contributed by atoms with Crippen molar-refractivity contribution in [1.29, 1.82) is 5.26 Å². The molecule has 0 bridgehead atoms. The molecule has 3 aromatic rings. The Labute approximate surface area is 189 Å². The summed E-state index contributed by atoms with van der Waals surface area (Å²) in [5.41, 5.74) is 0.883. The van der Waals surface area contributed by atoms with Gasteiger partial charge in [-0.25, -0.2) is 0 Å². The minimum absolute atomic E-state index is 0.106. The van der Waals surface area contributed by atoms with Gasteiger partial charge in [-0.3, -0.25) is 9.36 Å². The van der Waals surface area contributed by atoms with Crippen LogP contribution >= 0.6 is 23.4 Å². The van der Waals surface area contributed by atoms with Crippen molar-refractivity contribution in [3.63, 3.8) is 0 Å². The van der Waals surface area contributed by atoms with Crippen LogP contribution in [0.2, 0.25) is 5.02 Å². The van der Waals surface area contributed by atoms with Gasteiger partial charge in [-0.2, -0.15) is 5.26 Å². The molecule has 0 radical (unpaired) electrons. The number of nitriles is 1. The Morgan fingerprint density at radius 1 is 1.32 bits per heavy atom. The summed E-state index contributed by atoms with van der Waals surface area (Å²) in [5.74, 6) is 1.00. The molecule has 1 aromatic heterocycles. The first-order valence-corrected chi connectivity index (χ1v) is 10.8. The Bertz CT molecular complexity index is 1130. The highest BCUT2D eigenvalue weighted by molar-refractivity contribution is 7.99. The average Bonchev–Trinajstić information content (AvgIpc) is 3.17. The number of amides is 1. The van der Waals surface area contributed by atoms with Gasteiger partial charge in [0.15, 0.2) is 17.1 Å². The van der Waals surface area contributed by atoms with Gasteiger partial charge in [0.25, 0.3) is 0 Å². The van der Waals surface area contributed by atoms with Crippen molar-refractivity contribution in [2.45, 2.75) is 24.7 Å². The molecular weight excluding hydrogens is 434 g/mol. The first-order chi connectivity index (χ1) is 15.0. The second-order valence-corrected chi connectivity index (χ2v) is 7.77. The van der Waals surface area contributed by atoms with Crippen LogP contribution in [0.4, 0.5) is 5.69 Å². The van der Waals surface area contributed by atoms with Crippen molar-refractivity contribution < 1.29 is 9.53 Å². The topological polar surface area (TPSA) is 92.8 Å². The van der Waals surface area contributed by atoms with Crippen LogP contribution in [-0.2, 0) is 11.3 Å². The van der Waals surface area contributed by atoms with Crippen LogP contribution in [0.5, 0.6) is 5.75 Å². The van der Waals surface area contributed by atoms with E-state index in [0.29, 0.717) is 39.5 Å². The Morgan fingerprint density at radius 3 is 2.81 bits per heavy atom. The number of aromatic nitrogens is 3. The van der Waals surface area contributed by atoms with Crippen LogP contribution in [0.15, 0.2) is 66.3 Å². The molecule has 0 fully saturated rings. The zero-order valence-electron chi connectivity index (χ0n) is 16.8. The molecule has 0 saturated carbocycles. The Balaban J connectivity index is 1.70. The summed E-state index contributed by atoms with van der Waals surface area (Å²) in [4.78, 5) is 12.4. The molecule has 158 valence electrons. The number of carbonyl (C=O) groups excluding carboxylic acids is 1. The van der Waals surface area contributed by atoms with Crippen molar-refractivity contribution in [3.8, 4) is 11.8 Å². The standard InChI is InChI=1S/C22H20ClN5O2S/c1-3-12-28-21(15(2)30-19-11-7-5-9-17(19)23)26-27-22(28)31-14-20(29)25-18-10-6-4-8-16(18)13-24/h3-11,15H,1,12,14H2,2H3,(H,25,29). The lowest BCUT2D eigenvalue weighted by Crippen LogP contribution is -2.16. The predicted octanol–water partition coefficient (Wildman–Crippen LogP) is 4.86. The Hall–Kier alpha value is -3.28. The molecule has 3 rings (SSSR count). The lowest BCUT2D eigenvalue weighted by Gasteiger charge is -2.16. The number of hydrogen-bond donors (Lipinski definition) is 1. The number of nitrogens with one attached hydrogen (secondary N) is 1. The third-order valence-corrected chi connectivity index (χ3v) is 5.49. The normalized spacial score (nSPS) is 11.4.